The summed E-state index contributed by atoms with van der Waals surface area (Å²) < 4.78 is 5.72. The Bertz CT molecular complexity index is 1660. The van der Waals surface area contributed by atoms with Gasteiger partial charge in [-0.3, -0.25) is 39.0 Å². The van der Waals surface area contributed by atoms with Gasteiger partial charge in [0, 0.05) is 44.5 Å². The second-order valence-electron chi connectivity index (χ2n) is 13.0. The number of fused-ring (bicyclic) bond motifs is 2. The van der Waals surface area contributed by atoms with Gasteiger partial charge in [0.25, 0.3) is 17.7 Å². The second kappa shape index (κ2) is 13.6. The molecule has 240 valence electrons. The van der Waals surface area contributed by atoms with Crippen LogP contribution in [0.4, 0.5) is 0 Å². The SMILES string of the molecule is CC(C)(C)CC(=O)N1CCc2ccc(OCC(=O)NCCCC#Cc3ccc4c(c3)C(=O)N(C3CCC(=O)NC3=O)C4=O)cc2C1. The topological polar surface area (TPSA) is 142 Å². The van der Waals surface area contributed by atoms with E-state index in [0.717, 1.165) is 16.9 Å². The lowest BCUT2D eigenvalue weighted by Crippen LogP contribution is -2.54. The van der Waals surface area contributed by atoms with Crippen molar-refractivity contribution in [2.75, 3.05) is 19.7 Å². The van der Waals surface area contributed by atoms with E-state index in [-0.39, 0.29) is 47.8 Å². The minimum atomic E-state index is -1.01. The standard InChI is InChI=1S/C35H38N4O7/c1-35(2,3)19-31(42)38-16-14-23-9-10-25(18-24(23)20-38)46-21-30(41)36-15-6-4-5-7-22-8-11-26-27(17-22)34(45)39(33(26)44)28-12-13-29(40)37-32(28)43/h8-11,17-18,28H,4,6,12-16,19-21H2,1-3H3,(H,36,41)(H,37,40,43). The van der Waals surface area contributed by atoms with Crippen LogP contribution in [0.5, 0.6) is 5.75 Å². The molecule has 0 radical (unpaired) electrons. The van der Waals surface area contributed by atoms with Gasteiger partial charge < -0.3 is 15.0 Å². The van der Waals surface area contributed by atoms with Crippen LogP contribution in [0, 0.1) is 17.3 Å². The first-order valence-corrected chi connectivity index (χ1v) is 15.5. The van der Waals surface area contributed by atoms with Crippen LogP contribution >= 0.6 is 0 Å². The van der Waals surface area contributed by atoms with Crippen LogP contribution in [0.3, 0.4) is 0 Å². The monoisotopic (exact) mass is 626 g/mol. The summed E-state index contributed by atoms with van der Waals surface area (Å²) in [7, 11) is 0. The number of unbranched alkanes of at least 4 members (excludes halogenated alkanes) is 1. The number of imide groups is 2. The van der Waals surface area contributed by atoms with Crippen molar-refractivity contribution < 1.29 is 33.5 Å². The van der Waals surface area contributed by atoms with E-state index >= 15 is 0 Å². The van der Waals surface area contributed by atoms with E-state index < -0.39 is 29.7 Å². The van der Waals surface area contributed by atoms with Gasteiger partial charge in [0.15, 0.2) is 6.61 Å². The fourth-order valence-corrected chi connectivity index (χ4v) is 5.72. The zero-order valence-electron chi connectivity index (χ0n) is 26.4. The Morgan fingerprint density at radius 1 is 1.00 bits per heavy atom. The Balaban J connectivity index is 1.05. The average Bonchev–Trinajstić information content (AvgIpc) is 3.25. The molecule has 0 saturated carbocycles. The Morgan fingerprint density at radius 2 is 1.78 bits per heavy atom. The van der Waals surface area contributed by atoms with Gasteiger partial charge in [-0.25, -0.2) is 0 Å². The van der Waals surface area contributed by atoms with Crippen LogP contribution in [-0.4, -0.2) is 71.0 Å². The highest BCUT2D eigenvalue weighted by molar-refractivity contribution is 6.23. The zero-order valence-corrected chi connectivity index (χ0v) is 26.4. The predicted molar refractivity (Wildman–Crippen MR) is 167 cm³/mol. The summed E-state index contributed by atoms with van der Waals surface area (Å²) in [5.74, 6) is 4.26. The van der Waals surface area contributed by atoms with Crippen LogP contribution < -0.4 is 15.4 Å². The molecule has 2 aromatic rings. The number of rotatable bonds is 8. The molecule has 3 aliphatic rings. The van der Waals surface area contributed by atoms with Crippen molar-refractivity contribution in [2.24, 2.45) is 5.41 Å². The average molecular weight is 627 g/mol. The van der Waals surface area contributed by atoms with Crippen LogP contribution in [0.25, 0.3) is 0 Å². The number of carbonyl (C=O) groups is 6. The number of carbonyl (C=O) groups excluding carboxylic acids is 6. The molecule has 0 aromatic heterocycles. The molecule has 1 unspecified atom stereocenters. The van der Waals surface area contributed by atoms with Gasteiger partial charge in [-0.05, 0) is 66.1 Å². The highest BCUT2D eigenvalue weighted by Crippen LogP contribution is 2.29. The summed E-state index contributed by atoms with van der Waals surface area (Å²) in [5.41, 5.74) is 3.09. The summed E-state index contributed by atoms with van der Waals surface area (Å²) in [4.78, 5) is 77.4. The zero-order chi connectivity index (χ0) is 33.0. The molecule has 46 heavy (non-hydrogen) atoms. The quantitative estimate of drug-likeness (QED) is 0.261. The van der Waals surface area contributed by atoms with E-state index in [1.807, 2.05) is 23.1 Å². The Kier molecular flexibility index (Phi) is 9.56. The van der Waals surface area contributed by atoms with Crippen LogP contribution in [-0.2, 0) is 32.1 Å². The molecular formula is C35H38N4O7. The van der Waals surface area contributed by atoms with Gasteiger partial charge in [0.05, 0.1) is 11.1 Å². The third kappa shape index (κ3) is 7.62. The second-order valence-corrected chi connectivity index (χ2v) is 13.0. The van der Waals surface area contributed by atoms with Gasteiger partial charge in [-0.15, -0.1) is 0 Å². The predicted octanol–water partition coefficient (Wildman–Crippen LogP) is 2.74. The van der Waals surface area contributed by atoms with Crippen molar-refractivity contribution in [3.63, 3.8) is 0 Å². The lowest BCUT2D eigenvalue weighted by molar-refractivity contribution is -0.136. The molecular weight excluding hydrogens is 588 g/mol. The van der Waals surface area contributed by atoms with E-state index in [2.05, 4.69) is 43.2 Å². The number of nitrogens with one attached hydrogen (secondary N) is 2. The van der Waals surface area contributed by atoms with E-state index in [1.165, 1.54) is 17.7 Å². The molecule has 11 nitrogen and oxygen atoms in total. The van der Waals surface area contributed by atoms with Crippen molar-refractivity contribution in [3.05, 3.63) is 64.2 Å². The Hall–Kier alpha value is -4.98. The number of hydrogen-bond acceptors (Lipinski definition) is 7. The van der Waals surface area contributed by atoms with Gasteiger partial charge in [0.2, 0.25) is 17.7 Å². The van der Waals surface area contributed by atoms with E-state index in [9.17, 15) is 28.8 Å². The molecule has 1 saturated heterocycles. The molecule has 0 spiro atoms. The maximum atomic E-state index is 13.0. The molecule has 1 fully saturated rings. The number of amides is 6. The highest BCUT2D eigenvalue weighted by Gasteiger charge is 2.44. The smallest absolute Gasteiger partial charge is 0.262 e. The number of piperidine rings is 1. The van der Waals surface area contributed by atoms with Gasteiger partial charge in [0.1, 0.15) is 11.8 Å². The molecule has 6 amide bonds. The summed E-state index contributed by atoms with van der Waals surface area (Å²) in [6.45, 7) is 7.68. The first-order valence-electron chi connectivity index (χ1n) is 15.5. The molecule has 2 N–H and O–H groups in total. The molecule has 1 atom stereocenters. The maximum Gasteiger partial charge on any atom is 0.262 e. The molecule has 0 aliphatic carbocycles. The third-order valence-corrected chi connectivity index (χ3v) is 8.07. The minimum absolute atomic E-state index is 0.0594. The summed E-state index contributed by atoms with van der Waals surface area (Å²) in [6, 6.07) is 9.45. The van der Waals surface area contributed by atoms with Crippen LogP contribution in [0.15, 0.2) is 36.4 Å². The molecule has 2 aromatic carbocycles. The lowest BCUT2D eigenvalue weighted by Gasteiger charge is -2.31. The van der Waals surface area contributed by atoms with Crippen molar-refractivity contribution in [1.82, 2.24) is 20.4 Å². The lowest BCUT2D eigenvalue weighted by atomic mass is 9.90. The summed E-state index contributed by atoms with van der Waals surface area (Å²) in [5, 5.41) is 5.00. The van der Waals surface area contributed by atoms with Crippen LogP contribution in [0.2, 0.25) is 0 Å². The molecule has 5 rings (SSSR count). The van der Waals surface area contributed by atoms with E-state index in [0.29, 0.717) is 50.2 Å². The number of nitrogens with zero attached hydrogens (tertiary/aromatic N) is 2. The summed E-state index contributed by atoms with van der Waals surface area (Å²) >= 11 is 0. The van der Waals surface area contributed by atoms with Gasteiger partial charge >= 0.3 is 0 Å². The fourth-order valence-electron chi connectivity index (χ4n) is 5.72. The Labute approximate surface area is 268 Å². The number of hydrogen-bond donors (Lipinski definition) is 2. The molecule has 3 heterocycles. The third-order valence-electron chi connectivity index (χ3n) is 8.07. The largest absolute Gasteiger partial charge is 0.484 e. The van der Waals surface area contributed by atoms with Gasteiger partial charge in [-0.2, -0.15) is 0 Å². The van der Waals surface area contributed by atoms with E-state index in [4.69, 9.17) is 4.74 Å². The maximum absolute atomic E-state index is 13.0. The normalized spacial score (nSPS) is 17.5. The first-order chi connectivity index (χ1) is 21.9. The van der Waals surface area contributed by atoms with Crippen molar-refractivity contribution >= 4 is 35.4 Å². The minimum Gasteiger partial charge on any atom is -0.484 e. The van der Waals surface area contributed by atoms with Crippen molar-refractivity contribution in [1.29, 1.82) is 0 Å². The first kappa shape index (κ1) is 32.4. The van der Waals surface area contributed by atoms with Crippen LogP contribution in [0.1, 0.15) is 90.3 Å². The number of benzene rings is 2. The van der Waals surface area contributed by atoms with Crippen molar-refractivity contribution in [3.8, 4) is 17.6 Å². The molecule has 3 aliphatic heterocycles. The molecule has 0 bridgehead atoms. The van der Waals surface area contributed by atoms with E-state index in [1.54, 1.807) is 6.07 Å². The van der Waals surface area contributed by atoms with Gasteiger partial charge in [-0.1, -0.05) is 38.7 Å². The Morgan fingerprint density at radius 3 is 2.54 bits per heavy atom. The highest BCUT2D eigenvalue weighted by atomic mass is 16.5. The summed E-state index contributed by atoms with van der Waals surface area (Å²) in [6.07, 6.45) is 2.53. The number of ether oxygens (including phenoxy) is 1. The van der Waals surface area contributed by atoms with Crippen molar-refractivity contribution in [2.45, 2.75) is 71.9 Å². The molecule has 11 heteroatoms. The fraction of sp³-hybridized carbons (Fsp3) is 0.429.